The first-order valence-corrected chi connectivity index (χ1v) is 9.45. The molecule has 0 aliphatic heterocycles. The second kappa shape index (κ2) is 7.09. The minimum atomic E-state index is -1.50. The van der Waals surface area contributed by atoms with Crippen LogP contribution in [0.15, 0.2) is 71.9 Å². The molecule has 4 rings (SSSR count). The van der Waals surface area contributed by atoms with Crippen molar-refractivity contribution in [3.05, 3.63) is 83.8 Å². The smallest absolute Gasteiger partial charge is 0.174 e. The van der Waals surface area contributed by atoms with E-state index in [0.717, 1.165) is 11.1 Å². The van der Waals surface area contributed by atoms with Gasteiger partial charge in [0.15, 0.2) is 10.7 Å². The minimum absolute atomic E-state index is 0.188. The summed E-state index contributed by atoms with van der Waals surface area (Å²) in [5.41, 5.74) is 2.77. The van der Waals surface area contributed by atoms with E-state index in [1.54, 1.807) is 24.4 Å². The summed E-state index contributed by atoms with van der Waals surface area (Å²) in [6, 6.07) is 19.1. The second-order valence-electron chi connectivity index (χ2n) is 5.84. The SMILES string of the molecule is N#Cc1c(S(=O)Cc2ccccc2)nn2c(-c3ccc(F)cc3)ccnc12. The van der Waals surface area contributed by atoms with Crippen molar-refractivity contribution in [1.82, 2.24) is 14.6 Å². The van der Waals surface area contributed by atoms with Crippen molar-refractivity contribution in [2.45, 2.75) is 10.8 Å². The monoisotopic (exact) mass is 376 g/mol. The van der Waals surface area contributed by atoms with Crippen LogP contribution in [0, 0.1) is 17.1 Å². The van der Waals surface area contributed by atoms with Crippen LogP contribution in [0.5, 0.6) is 0 Å². The fourth-order valence-corrected chi connectivity index (χ4v) is 3.99. The number of halogens is 1. The molecule has 2 aromatic heterocycles. The highest BCUT2D eigenvalue weighted by Gasteiger charge is 2.21. The van der Waals surface area contributed by atoms with Gasteiger partial charge in [-0.2, -0.15) is 10.4 Å². The van der Waals surface area contributed by atoms with Crippen molar-refractivity contribution in [3.8, 4) is 17.3 Å². The van der Waals surface area contributed by atoms with Crippen molar-refractivity contribution in [3.63, 3.8) is 0 Å². The molecule has 0 N–H and O–H groups in total. The van der Waals surface area contributed by atoms with Gasteiger partial charge in [0, 0.05) is 11.8 Å². The summed E-state index contributed by atoms with van der Waals surface area (Å²) in [5.74, 6) is -0.0856. The average molecular weight is 376 g/mol. The molecule has 1 atom stereocenters. The number of rotatable bonds is 4. The summed E-state index contributed by atoms with van der Waals surface area (Å²) in [7, 11) is -1.50. The van der Waals surface area contributed by atoms with E-state index in [9.17, 15) is 13.9 Å². The van der Waals surface area contributed by atoms with Gasteiger partial charge in [-0.1, -0.05) is 30.3 Å². The molecule has 0 saturated carbocycles. The summed E-state index contributed by atoms with van der Waals surface area (Å²) in [6.07, 6.45) is 1.56. The van der Waals surface area contributed by atoms with Crippen LogP contribution in [-0.4, -0.2) is 18.8 Å². The van der Waals surface area contributed by atoms with Crippen molar-refractivity contribution >= 4 is 16.4 Å². The first-order chi connectivity index (χ1) is 13.2. The van der Waals surface area contributed by atoms with Crippen LogP contribution in [0.25, 0.3) is 16.9 Å². The Morgan fingerprint density at radius 1 is 1.07 bits per heavy atom. The van der Waals surface area contributed by atoms with E-state index in [1.807, 2.05) is 30.3 Å². The zero-order chi connectivity index (χ0) is 18.8. The van der Waals surface area contributed by atoms with Crippen LogP contribution < -0.4 is 0 Å². The topological polar surface area (TPSA) is 71.0 Å². The van der Waals surface area contributed by atoms with E-state index >= 15 is 0 Å². The second-order valence-corrected chi connectivity index (χ2v) is 7.21. The highest BCUT2D eigenvalue weighted by atomic mass is 32.2. The maximum atomic E-state index is 13.2. The van der Waals surface area contributed by atoms with Crippen LogP contribution in [0.3, 0.4) is 0 Å². The van der Waals surface area contributed by atoms with Crippen LogP contribution in [0.4, 0.5) is 4.39 Å². The van der Waals surface area contributed by atoms with Crippen molar-refractivity contribution in [1.29, 1.82) is 5.26 Å². The molecule has 2 heterocycles. The van der Waals surface area contributed by atoms with Gasteiger partial charge in [0.2, 0.25) is 0 Å². The molecule has 7 heteroatoms. The van der Waals surface area contributed by atoms with Gasteiger partial charge in [0.1, 0.15) is 17.4 Å². The predicted octanol–water partition coefficient (Wildman–Crippen LogP) is 3.71. The van der Waals surface area contributed by atoms with E-state index in [4.69, 9.17) is 0 Å². The number of aromatic nitrogens is 3. The Bertz CT molecular complexity index is 1180. The third kappa shape index (κ3) is 3.23. The number of hydrogen-bond donors (Lipinski definition) is 0. The molecular weight excluding hydrogens is 363 g/mol. The Kier molecular flexibility index (Phi) is 4.48. The van der Waals surface area contributed by atoms with Crippen LogP contribution in [0.1, 0.15) is 11.1 Å². The predicted molar refractivity (Wildman–Crippen MR) is 99.7 cm³/mol. The van der Waals surface area contributed by atoms with E-state index < -0.39 is 10.8 Å². The van der Waals surface area contributed by atoms with Gasteiger partial charge in [-0.15, -0.1) is 0 Å². The van der Waals surface area contributed by atoms with Crippen LogP contribution in [0.2, 0.25) is 0 Å². The van der Waals surface area contributed by atoms with E-state index in [0.29, 0.717) is 11.3 Å². The lowest BCUT2D eigenvalue weighted by Gasteiger charge is -2.04. The quantitative estimate of drug-likeness (QED) is 0.544. The van der Waals surface area contributed by atoms with Crippen LogP contribution >= 0.6 is 0 Å². The lowest BCUT2D eigenvalue weighted by Crippen LogP contribution is -2.00. The molecular formula is C20H13FN4OS. The lowest BCUT2D eigenvalue weighted by atomic mass is 10.1. The number of fused-ring (bicyclic) bond motifs is 1. The molecule has 2 aromatic carbocycles. The molecule has 0 aliphatic rings. The van der Waals surface area contributed by atoms with Gasteiger partial charge in [-0.25, -0.2) is 13.9 Å². The van der Waals surface area contributed by atoms with E-state index in [2.05, 4.69) is 16.2 Å². The van der Waals surface area contributed by atoms with Gasteiger partial charge >= 0.3 is 0 Å². The Morgan fingerprint density at radius 2 is 1.81 bits per heavy atom. The number of hydrogen-bond acceptors (Lipinski definition) is 4. The lowest BCUT2D eigenvalue weighted by molar-refractivity contribution is 0.628. The van der Waals surface area contributed by atoms with Gasteiger partial charge in [-0.05, 0) is 35.9 Å². The highest BCUT2D eigenvalue weighted by Crippen LogP contribution is 2.25. The minimum Gasteiger partial charge on any atom is -0.252 e. The Labute approximate surface area is 157 Å². The molecule has 0 radical (unpaired) electrons. The molecule has 0 saturated heterocycles. The summed E-state index contributed by atoms with van der Waals surface area (Å²) < 4.78 is 27.6. The summed E-state index contributed by atoms with van der Waals surface area (Å²) >= 11 is 0. The zero-order valence-electron chi connectivity index (χ0n) is 14.0. The van der Waals surface area contributed by atoms with Gasteiger partial charge in [0.05, 0.1) is 22.2 Å². The molecule has 5 nitrogen and oxygen atoms in total. The maximum absolute atomic E-state index is 13.2. The standard InChI is InChI=1S/C20H13FN4OS/c21-16-8-6-15(7-9-16)18-10-11-23-19-17(12-22)20(24-25(18)19)27(26)13-14-4-2-1-3-5-14/h1-11H,13H2. The number of benzene rings is 2. The third-order valence-corrected chi connectivity index (χ3v) is 5.41. The summed E-state index contributed by atoms with van der Waals surface area (Å²) in [5, 5.41) is 14.2. The Morgan fingerprint density at radius 3 is 2.52 bits per heavy atom. The molecule has 27 heavy (non-hydrogen) atoms. The molecule has 0 aliphatic carbocycles. The van der Waals surface area contributed by atoms with E-state index in [1.165, 1.54) is 16.6 Å². The van der Waals surface area contributed by atoms with E-state index in [-0.39, 0.29) is 22.2 Å². The van der Waals surface area contributed by atoms with Gasteiger partial charge < -0.3 is 0 Å². The third-order valence-electron chi connectivity index (χ3n) is 4.09. The summed E-state index contributed by atoms with van der Waals surface area (Å²) in [6.45, 7) is 0. The molecule has 0 bridgehead atoms. The molecule has 0 spiro atoms. The average Bonchev–Trinajstić information content (AvgIpc) is 3.08. The zero-order valence-corrected chi connectivity index (χ0v) is 14.9. The molecule has 132 valence electrons. The largest absolute Gasteiger partial charge is 0.252 e. The number of nitriles is 1. The Hall–Kier alpha value is -3.37. The van der Waals surface area contributed by atoms with Gasteiger partial charge in [0.25, 0.3) is 0 Å². The fraction of sp³-hybridized carbons (Fsp3) is 0.0500. The first kappa shape index (κ1) is 17.1. The van der Waals surface area contributed by atoms with Crippen molar-refractivity contribution in [2.24, 2.45) is 0 Å². The molecule has 0 amide bonds. The van der Waals surface area contributed by atoms with Crippen LogP contribution in [-0.2, 0) is 16.6 Å². The van der Waals surface area contributed by atoms with Gasteiger partial charge in [-0.3, -0.25) is 4.21 Å². The van der Waals surface area contributed by atoms with Crippen molar-refractivity contribution in [2.75, 3.05) is 0 Å². The normalized spacial score (nSPS) is 12.0. The van der Waals surface area contributed by atoms with Crippen molar-refractivity contribution < 1.29 is 8.60 Å². The first-order valence-electron chi connectivity index (χ1n) is 8.13. The molecule has 1 unspecified atom stereocenters. The fourth-order valence-electron chi connectivity index (χ4n) is 2.82. The number of nitrogens with zero attached hydrogens (tertiary/aromatic N) is 4. The Balaban J connectivity index is 1.83. The summed E-state index contributed by atoms with van der Waals surface area (Å²) in [4.78, 5) is 4.24. The molecule has 4 aromatic rings. The maximum Gasteiger partial charge on any atom is 0.174 e. The molecule has 0 fully saturated rings. The highest BCUT2D eigenvalue weighted by molar-refractivity contribution is 7.84.